The fourth-order valence-electron chi connectivity index (χ4n) is 3.30. The van der Waals surface area contributed by atoms with Crippen molar-refractivity contribution in [2.24, 2.45) is 5.92 Å². The van der Waals surface area contributed by atoms with E-state index < -0.39 is 0 Å². The first-order chi connectivity index (χ1) is 11.2. The lowest BCUT2D eigenvalue weighted by Crippen LogP contribution is -2.50. The second kappa shape index (κ2) is 6.07. The van der Waals surface area contributed by atoms with Crippen molar-refractivity contribution < 1.29 is 0 Å². The largest absolute Gasteiger partial charge is 0.361 e. The molecule has 2 aromatic heterocycles. The molecule has 0 unspecified atom stereocenters. The number of anilines is 2. The van der Waals surface area contributed by atoms with E-state index in [1.165, 1.54) is 35.4 Å². The van der Waals surface area contributed by atoms with E-state index in [0.717, 1.165) is 42.7 Å². The van der Waals surface area contributed by atoms with Gasteiger partial charge in [0.25, 0.3) is 0 Å². The highest BCUT2D eigenvalue weighted by Crippen LogP contribution is 2.27. The van der Waals surface area contributed by atoms with Crippen molar-refractivity contribution in [1.29, 1.82) is 0 Å². The van der Waals surface area contributed by atoms with Crippen LogP contribution >= 0.6 is 11.3 Å². The maximum Gasteiger partial charge on any atom is 0.183 e. The van der Waals surface area contributed by atoms with E-state index in [-0.39, 0.29) is 0 Å². The number of aryl methyl sites for hydroxylation is 4. The Morgan fingerprint density at radius 1 is 1.22 bits per heavy atom. The van der Waals surface area contributed by atoms with Crippen LogP contribution in [0, 0.1) is 19.8 Å². The number of hydrogen-bond acceptors (Lipinski definition) is 6. The van der Waals surface area contributed by atoms with Crippen molar-refractivity contribution in [3.63, 3.8) is 0 Å². The molecule has 0 atom stereocenters. The van der Waals surface area contributed by atoms with Gasteiger partial charge in [-0.25, -0.2) is 4.98 Å². The van der Waals surface area contributed by atoms with E-state index in [9.17, 15) is 0 Å². The third kappa shape index (κ3) is 3.04. The highest BCUT2D eigenvalue weighted by Gasteiger charge is 2.28. The lowest BCUT2D eigenvalue weighted by Gasteiger charge is -2.40. The molecule has 0 spiro atoms. The molecule has 5 nitrogen and oxygen atoms in total. The molecule has 6 heteroatoms. The van der Waals surface area contributed by atoms with Crippen LogP contribution in [-0.2, 0) is 12.8 Å². The van der Waals surface area contributed by atoms with E-state index in [4.69, 9.17) is 0 Å². The van der Waals surface area contributed by atoms with Crippen LogP contribution in [0.1, 0.15) is 34.7 Å². The summed E-state index contributed by atoms with van der Waals surface area (Å²) in [5.41, 5.74) is 3.77. The van der Waals surface area contributed by atoms with Crippen LogP contribution in [0.15, 0.2) is 6.07 Å². The number of nitrogens with zero attached hydrogens (tertiary/aromatic N) is 4. The normalized spacial score (nSPS) is 17.7. The minimum absolute atomic E-state index is 0.664. The zero-order chi connectivity index (χ0) is 15.8. The van der Waals surface area contributed by atoms with Crippen molar-refractivity contribution >= 4 is 22.3 Å². The predicted octanol–water partition coefficient (Wildman–Crippen LogP) is 2.98. The van der Waals surface area contributed by atoms with Gasteiger partial charge in [0.05, 0.1) is 11.4 Å². The van der Waals surface area contributed by atoms with E-state index in [1.807, 2.05) is 0 Å². The standard InChI is InChI=1S/C17H23N5S/c1-11-12(2)23-17(19-11)18-8-13-9-22(10-13)16-7-14-5-3-4-6-15(14)20-21-16/h7,13H,3-6,8-10H2,1-2H3,(H,18,19). The fraction of sp³-hybridized carbons (Fsp3) is 0.588. The molecular formula is C17H23N5S. The summed E-state index contributed by atoms with van der Waals surface area (Å²) in [6.07, 6.45) is 4.81. The van der Waals surface area contributed by atoms with Gasteiger partial charge in [-0.3, -0.25) is 0 Å². The molecule has 1 fully saturated rings. The Kier molecular flexibility index (Phi) is 3.93. The summed E-state index contributed by atoms with van der Waals surface area (Å²) in [7, 11) is 0. The first-order valence-electron chi connectivity index (χ1n) is 8.47. The van der Waals surface area contributed by atoms with E-state index in [1.54, 1.807) is 11.3 Å². The minimum atomic E-state index is 0.664. The van der Waals surface area contributed by atoms with Crippen molar-refractivity contribution in [3.05, 3.63) is 27.9 Å². The molecule has 2 aliphatic rings. The predicted molar refractivity (Wildman–Crippen MR) is 94.5 cm³/mol. The minimum Gasteiger partial charge on any atom is -0.361 e. The summed E-state index contributed by atoms with van der Waals surface area (Å²) in [6, 6.07) is 2.26. The Morgan fingerprint density at radius 2 is 2.04 bits per heavy atom. The topological polar surface area (TPSA) is 53.9 Å². The molecule has 1 aliphatic heterocycles. The van der Waals surface area contributed by atoms with Gasteiger partial charge in [-0.15, -0.1) is 16.4 Å². The first kappa shape index (κ1) is 14.9. The Morgan fingerprint density at radius 3 is 2.83 bits per heavy atom. The molecule has 122 valence electrons. The highest BCUT2D eigenvalue weighted by molar-refractivity contribution is 7.15. The Bertz CT molecular complexity index is 686. The molecular weight excluding hydrogens is 306 g/mol. The summed E-state index contributed by atoms with van der Waals surface area (Å²) in [6.45, 7) is 7.30. The molecule has 0 amide bonds. The van der Waals surface area contributed by atoms with Gasteiger partial charge in [0.15, 0.2) is 10.9 Å². The molecule has 1 aliphatic carbocycles. The Labute approximate surface area is 141 Å². The summed E-state index contributed by atoms with van der Waals surface area (Å²) >= 11 is 1.75. The van der Waals surface area contributed by atoms with Crippen LogP contribution in [0.25, 0.3) is 0 Å². The zero-order valence-electron chi connectivity index (χ0n) is 13.8. The molecule has 0 aromatic carbocycles. The molecule has 1 N–H and O–H groups in total. The number of aromatic nitrogens is 3. The Balaban J connectivity index is 1.31. The monoisotopic (exact) mass is 329 g/mol. The maximum atomic E-state index is 4.54. The van der Waals surface area contributed by atoms with Crippen LogP contribution in [-0.4, -0.2) is 34.8 Å². The average Bonchev–Trinajstić information content (AvgIpc) is 2.84. The van der Waals surface area contributed by atoms with Gasteiger partial charge in [-0.2, -0.15) is 5.10 Å². The zero-order valence-corrected chi connectivity index (χ0v) is 14.6. The maximum absolute atomic E-state index is 4.54. The van der Waals surface area contributed by atoms with E-state index >= 15 is 0 Å². The summed E-state index contributed by atoms with van der Waals surface area (Å²) < 4.78 is 0. The van der Waals surface area contributed by atoms with E-state index in [2.05, 4.69) is 45.3 Å². The molecule has 0 bridgehead atoms. The van der Waals surface area contributed by atoms with Gasteiger partial charge in [0, 0.05) is 30.4 Å². The SMILES string of the molecule is Cc1nc(NCC2CN(c3cc4c(nn3)CCCC4)C2)sc1C. The van der Waals surface area contributed by atoms with Crippen LogP contribution in [0.2, 0.25) is 0 Å². The van der Waals surface area contributed by atoms with Crippen molar-refractivity contribution in [2.75, 3.05) is 29.9 Å². The molecule has 2 aromatic rings. The number of rotatable bonds is 4. The van der Waals surface area contributed by atoms with Crippen molar-refractivity contribution in [3.8, 4) is 0 Å². The summed E-state index contributed by atoms with van der Waals surface area (Å²) in [5, 5.41) is 13.4. The smallest absolute Gasteiger partial charge is 0.183 e. The number of thiazole rings is 1. The van der Waals surface area contributed by atoms with Gasteiger partial charge in [0.1, 0.15) is 0 Å². The average molecular weight is 329 g/mol. The Hall–Kier alpha value is -1.69. The van der Waals surface area contributed by atoms with E-state index in [0.29, 0.717) is 5.92 Å². The molecule has 0 radical (unpaired) electrons. The van der Waals surface area contributed by atoms with Gasteiger partial charge in [-0.1, -0.05) is 0 Å². The fourth-order valence-corrected chi connectivity index (χ4v) is 4.12. The van der Waals surface area contributed by atoms with Gasteiger partial charge in [-0.05, 0) is 51.2 Å². The number of nitrogens with one attached hydrogen (secondary N) is 1. The van der Waals surface area contributed by atoms with Crippen LogP contribution < -0.4 is 10.2 Å². The summed E-state index contributed by atoms with van der Waals surface area (Å²) in [4.78, 5) is 8.18. The molecule has 3 heterocycles. The van der Waals surface area contributed by atoms with Gasteiger partial charge >= 0.3 is 0 Å². The van der Waals surface area contributed by atoms with Crippen LogP contribution in [0.5, 0.6) is 0 Å². The van der Waals surface area contributed by atoms with Gasteiger partial charge in [0.2, 0.25) is 0 Å². The third-order valence-corrected chi connectivity index (χ3v) is 5.94. The quantitative estimate of drug-likeness (QED) is 0.934. The molecule has 23 heavy (non-hydrogen) atoms. The van der Waals surface area contributed by atoms with Crippen LogP contribution in [0.3, 0.4) is 0 Å². The van der Waals surface area contributed by atoms with Crippen molar-refractivity contribution in [2.45, 2.75) is 39.5 Å². The lowest BCUT2D eigenvalue weighted by atomic mass is 9.95. The molecule has 1 saturated heterocycles. The lowest BCUT2D eigenvalue weighted by molar-refractivity contribution is 0.424. The second-order valence-electron chi connectivity index (χ2n) is 6.69. The summed E-state index contributed by atoms with van der Waals surface area (Å²) in [5.74, 6) is 1.72. The number of hydrogen-bond donors (Lipinski definition) is 1. The highest BCUT2D eigenvalue weighted by atomic mass is 32.1. The van der Waals surface area contributed by atoms with Crippen molar-refractivity contribution in [1.82, 2.24) is 15.2 Å². The molecule has 0 saturated carbocycles. The molecule has 4 rings (SSSR count). The third-order valence-electron chi connectivity index (χ3n) is 4.91. The number of fused-ring (bicyclic) bond motifs is 1. The first-order valence-corrected chi connectivity index (χ1v) is 9.29. The second-order valence-corrected chi connectivity index (χ2v) is 7.90. The van der Waals surface area contributed by atoms with Crippen LogP contribution in [0.4, 0.5) is 10.9 Å². The van der Waals surface area contributed by atoms with Gasteiger partial charge < -0.3 is 10.2 Å².